The number of fused-ring (bicyclic) bond motifs is 1. The van der Waals surface area contributed by atoms with Crippen molar-refractivity contribution in [2.45, 2.75) is 24.9 Å². The number of thiophene rings is 1. The molecule has 2 aromatic carbocycles. The van der Waals surface area contributed by atoms with Gasteiger partial charge in [0, 0.05) is 63.8 Å². The maximum absolute atomic E-state index is 14.0. The predicted molar refractivity (Wildman–Crippen MR) is 171 cm³/mol. The summed E-state index contributed by atoms with van der Waals surface area (Å²) in [6.45, 7) is 6.44. The predicted octanol–water partition coefficient (Wildman–Crippen LogP) is 2.63. The van der Waals surface area contributed by atoms with E-state index in [2.05, 4.69) is 26.9 Å². The molecule has 6 rings (SSSR count). The SMILES string of the molecule is COc1ccccc1N1CCN(S(=O)(=O)c2c(C)sc3ncn(CC(=O)N4CCN(Cc5ccccc5)CC4)c(=O)c23)CC1. The Morgan fingerprint density at radius 2 is 1.61 bits per heavy atom. The number of sulfonamides is 1. The highest BCUT2D eigenvalue weighted by Gasteiger charge is 2.34. The zero-order valence-corrected chi connectivity index (χ0v) is 26.5. The first-order valence-corrected chi connectivity index (χ1v) is 16.9. The third-order valence-corrected chi connectivity index (χ3v) is 11.6. The van der Waals surface area contributed by atoms with E-state index >= 15 is 0 Å². The van der Waals surface area contributed by atoms with Crippen molar-refractivity contribution in [3.63, 3.8) is 0 Å². The third-order valence-electron chi connectivity index (χ3n) is 8.34. The maximum Gasteiger partial charge on any atom is 0.263 e. The highest BCUT2D eigenvalue weighted by atomic mass is 32.2. The minimum absolute atomic E-state index is 0.00272. The van der Waals surface area contributed by atoms with Gasteiger partial charge in [0.25, 0.3) is 5.56 Å². The molecule has 0 atom stereocenters. The van der Waals surface area contributed by atoms with Crippen molar-refractivity contribution in [1.29, 1.82) is 0 Å². The minimum Gasteiger partial charge on any atom is -0.495 e. The third kappa shape index (κ3) is 5.96. The van der Waals surface area contributed by atoms with Crippen molar-refractivity contribution in [3.05, 3.63) is 81.7 Å². The summed E-state index contributed by atoms with van der Waals surface area (Å²) in [5.74, 6) is 0.551. The van der Waals surface area contributed by atoms with Crippen LogP contribution < -0.4 is 15.2 Å². The number of aryl methyl sites for hydroxylation is 1. The lowest BCUT2D eigenvalue weighted by molar-refractivity contribution is -0.133. The Balaban J connectivity index is 1.16. The van der Waals surface area contributed by atoms with Crippen LogP contribution in [0.5, 0.6) is 5.75 Å². The highest BCUT2D eigenvalue weighted by molar-refractivity contribution is 7.89. The largest absolute Gasteiger partial charge is 0.495 e. The van der Waals surface area contributed by atoms with Crippen molar-refractivity contribution in [1.82, 2.24) is 23.7 Å². The Kier molecular flexibility index (Phi) is 8.72. The van der Waals surface area contributed by atoms with Gasteiger partial charge in [0.05, 0.1) is 24.5 Å². The summed E-state index contributed by atoms with van der Waals surface area (Å²) in [5, 5.41) is 0.0580. The summed E-state index contributed by atoms with van der Waals surface area (Å²) in [4.78, 5) is 38.4. The Morgan fingerprint density at radius 3 is 2.32 bits per heavy atom. The van der Waals surface area contributed by atoms with Crippen LogP contribution in [0.15, 0.2) is 70.6 Å². The topological polar surface area (TPSA) is 108 Å². The molecule has 0 unspecified atom stereocenters. The lowest BCUT2D eigenvalue weighted by Crippen LogP contribution is -2.49. The van der Waals surface area contributed by atoms with Gasteiger partial charge in [0.1, 0.15) is 22.0 Å². The van der Waals surface area contributed by atoms with E-state index in [0.29, 0.717) is 35.9 Å². The van der Waals surface area contributed by atoms with Crippen LogP contribution >= 0.6 is 11.3 Å². The summed E-state index contributed by atoms with van der Waals surface area (Å²) in [5.41, 5.74) is 1.63. The second-order valence-electron chi connectivity index (χ2n) is 11.1. The first-order valence-electron chi connectivity index (χ1n) is 14.7. The molecular formula is C31H36N6O5S2. The molecule has 0 radical (unpaired) electrons. The van der Waals surface area contributed by atoms with E-state index in [1.807, 2.05) is 42.5 Å². The first kappa shape index (κ1) is 30.3. The second-order valence-corrected chi connectivity index (χ2v) is 14.1. The summed E-state index contributed by atoms with van der Waals surface area (Å²) in [7, 11) is -2.37. The van der Waals surface area contributed by atoms with Gasteiger partial charge in [-0.2, -0.15) is 4.31 Å². The van der Waals surface area contributed by atoms with Gasteiger partial charge in [-0.15, -0.1) is 11.3 Å². The molecule has 2 aliphatic heterocycles. The number of hydrogen-bond acceptors (Lipinski definition) is 9. The molecule has 2 saturated heterocycles. The molecule has 2 aromatic heterocycles. The first-order chi connectivity index (χ1) is 21.3. The number of piperazine rings is 2. The number of para-hydroxylation sites is 2. The summed E-state index contributed by atoms with van der Waals surface area (Å²) >= 11 is 1.18. The monoisotopic (exact) mass is 636 g/mol. The van der Waals surface area contributed by atoms with Crippen molar-refractivity contribution in [3.8, 4) is 5.75 Å². The van der Waals surface area contributed by atoms with Gasteiger partial charge < -0.3 is 14.5 Å². The lowest BCUT2D eigenvalue weighted by atomic mass is 10.2. The molecular weight excluding hydrogens is 601 g/mol. The van der Waals surface area contributed by atoms with Crippen molar-refractivity contribution < 1.29 is 17.9 Å². The fourth-order valence-electron chi connectivity index (χ4n) is 5.97. The van der Waals surface area contributed by atoms with Crippen LogP contribution in [-0.4, -0.2) is 97.4 Å². The van der Waals surface area contributed by atoms with Crippen LogP contribution in [0.2, 0.25) is 0 Å². The number of carbonyl (C=O) groups excluding carboxylic acids is 1. The fourth-order valence-corrected chi connectivity index (χ4v) is 9.06. The van der Waals surface area contributed by atoms with Crippen molar-refractivity contribution in [2.75, 3.05) is 64.4 Å². The molecule has 232 valence electrons. The average molecular weight is 637 g/mol. The molecule has 0 spiro atoms. The summed E-state index contributed by atoms with van der Waals surface area (Å²) in [6.07, 6.45) is 1.35. The van der Waals surface area contributed by atoms with Gasteiger partial charge in [-0.25, -0.2) is 13.4 Å². The minimum atomic E-state index is -3.99. The Hall–Kier alpha value is -3.78. The van der Waals surface area contributed by atoms with Crippen molar-refractivity contribution in [2.24, 2.45) is 0 Å². The molecule has 2 aliphatic rings. The molecule has 13 heteroatoms. The Labute approximate surface area is 260 Å². The molecule has 4 heterocycles. The average Bonchev–Trinajstić information content (AvgIpc) is 3.40. The van der Waals surface area contributed by atoms with Gasteiger partial charge >= 0.3 is 0 Å². The normalized spacial score (nSPS) is 16.9. The smallest absolute Gasteiger partial charge is 0.263 e. The van der Waals surface area contributed by atoms with Crippen LogP contribution in [0.3, 0.4) is 0 Å². The van der Waals surface area contributed by atoms with E-state index in [-0.39, 0.29) is 35.8 Å². The van der Waals surface area contributed by atoms with E-state index in [1.165, 1.54) is 32.1 Å². The van der Waals surface area contributed by atoms with E-state index in [9.17, 15) is 18.0 Å². The number of methoxy groups -OCH3 is 1. The Morgan fingerprint density at radius 1 is 0.932 bits per heavy atom. The van der Waals surface area contributed by atoms with Gasteiger partial charge in [-0.3, -0.25) is 19.1 Å². The van der Waals surface area contributed by atoms with Crippen molar-refractivity contribution >= 4 is 43.2 Å². The number of hydrogen-bond donors (Lipinski definition) is 0. The number of nitrogens with zero attached hydrogens (tertiary/aromatic N) is 6. The highest BCUT2D eigenvalue weighted by Crippen LogP contribution is 2.34. The molecule has 0 aliphatic carbocycles. The van der Waals surface area contributed by atoms with Gasteiger partial charge in [0.15, 0.2) is 0 Å². The molecule has 0 saturated carbocycles. The fraction of sp³-hybridized carbons (Fsp3) is 0.387. The van der Waals surface area contributed by atoms with E-state index < -0.39 is 15.6 Å². The number of anilines is 1. The summed E-state index contributed by atoms with van der Waals surface area (Å²) < 4.78 is 36.1. The zero-order chi connectivity index (χ0) is 30.8. The van der Waals surface area contributed by atoms with Crippen LogP contribution in [0.4, 0.5) is 5.69 Å². The van der Waals surface area contributed by atoms with Gasteiger partial charge in [-0.1, -0.05) is 42.5 Å². The molecule has 0 N–H and O–H groups in total. The zero-order valence-electron chi connectivity index (χ0n) is 24.9. The molecule has 1 amide bonds. The molecule has 2 fully saturated rings. The van der Waals surface area contributed by atoms with Gasteiger partial charge in [0.2, 0.25) is 15.9 Å². The second kappa shape index (κ2) is 12.7. The Bertz CT molecular complexity index is 1810. The molecule has 44 heavy (non-hydrogen) atoms. The number of benzene rings is 2. The quantitative estimate of drug-likeness (QED) is 0.291. The van der Waals surface area contributed by atoms with Crippen LogP contribution in [0.1, 0.15) is 10.4 Å². The maximum atomic E-state index is 14.0. The van der Waals surface area contributed by atoms with E-state index in [4.69, 9.17) is 4.74 Å². The summed E-state index contributed by atoms with van der Waals surface area (Å²) in [6, 6.07) is 17.9. The molecule has 11 nitrogen and oxygen atoms in total. The standard InChI is InChI=1S/C31H36N6O5S2/c1-23-29(44(40,41)37-18-16-34(17-19-37)25-10-6-7-11-26(25)42-2)28-30(43-23)32-22-36(31(28)39)21-27(38)35-14-12-33(13-15-35)20-24-8-4-3-5-9-24/h3-11,22H,12-21H2,1-2H3. The number of carbonyl (C=O) groups is 1. The molecule has 4 aromatic rings. The number of aromatic nitrogens is 2. The molecule has 0 bridgehead atoms. The number of amides is 1. The van der Waals surface area contributed by atoms with E-state index in [1.54, 1.807) is 18.9 Å². The van der Waals surface area contributed by atoms with Crippen LogP contribution in [-0.2, 0) is 27.9 Å². The van der Waals surface area contributed by atoms with Gasteiger partial charge in [-0.05, 0) is 24.6 Å². The number of ether oxygens (including phenoxy) is 1. The van der Waals surface area contributed by atoms with Crippen LogP contribution in [0, 0.1) is 6.92 Å². The lowest BCUT2D eigenvalue weighted by Gasteiger charge is -2.36. The van der Waals surface area contributed by atoms with Crippen LogP contribution in [0.25, 0.3) is 10.2 Å². The van der Waals surface area contributed by atoms with E-state index in [0.717, 1.165) is 31.1 Å². The number of rotatable bonds is 8.